The molecule has 19 heteroatoms. The van der Waals surface area contributed by atoms with Crippen molar-refractivity contribution in [2.24, 2.45) is 5.73 Å². The fourth-order valence-corrected chi connectivity index (χ4v) is 3.70. The summed E-state index contributed by atoms with van der Waals surface area (Å²) in [5.41, 5.74) is 15.5. The minimum atomic E-state index is -0.533. The van der Waals surface area contributed by atoms with E-state index in [1.54, 1.807) is 19.1 Å². The van der Waals surface area contributed by atoms with E-state index < -0.39 is 15.7 Å². The Balaban J connectivity index is -0.000000633. The Labute approximate surface area is 315 Å². The van der Waals surface area contributed by atoms with Crippen molar-refractivity contribution in [3.8, 4) is 0 Å². The number of aliphatic hydroxyl groups excluding tert-OH is 3. The first-order valence-corrected chi connectivity index (χ1v) is 15.7. The van der Waals surface area contributed by atoms with Crippen molar-refractivity contribution in [1.29, 1.82) is 0 Å². The summed E-state index contributed by atoms with van der Waals surface area (Å²) >= 11 is 0. The lowest BCUT2D eigenvalue weighted by Crippen LogP contribution is -2.11. The molecule has 0 aliphatic carbocycles. The van der Waals surface area contributed by atoms with Crippen LogP contribution in [0.25, 0.3) is 0 Å². The summed E-state index contributed by atoms with van der Waals surface area (Å²) in [6.45, 7) is 9.91. The Bertz CT molecular complexity index is 1400. The zero-order valence-corrected chi connectivity index (χ0v) is 31.3. The molecule has 0 bridgehead atoms. The molecule has 3 aromatic rings. The smallest absolute Gasteiger partial charge is 0.272 e. The normalized spacial score (nSPS) is 9.62. The van der Waals surface area contributed by atoms with E-state index in [1.807, 2.05) is 25.1 Å². The third-order valence-corrected chi connectivity index (χ3v) is 6.14. The number of nitrogens with two attached hydrogens (primary N) is 2. The average Bonchev–Trinajstić information content (AvgIpc) is 3.07. The van der Waals surface area contributed by atoms with Gasteiger partial charge in [-0.2, -0.15) is 0 Å². The highest BCUT2D eigenvalue weighted by Crippen LogP contribution is 2.21. The van der Waals surface area contributed by atoms with Crippen LogP contribution in [-0.2, 0) is 14.2 Å². The van der Waals surface area contributed by atoms with Crippen molar-refractivity contribution in [1.82, 2.24) is 0 Å². The SMILES string of the molecule is Cc1cc(F)ccc1[N+](=O)[O-].Cc1cc(NCCOCCO)ccc1N.Cc1cc(NCCOCCO)ccc1[N+](=O)[O-].Cl.Cl.NCCOCCO. The van der Waals surface area contributed by atoms with E-state index >= 15 is 0 Å². The van der Waals surface area contributed by atoms with Crippen LogP contribution in [0.5, 0.6) is 0 Å². The molecule has 0 aliphatic heterocycles. The van der Waals surface area contributed by atoms with E-state index in [0.717, 1.165) is 47.4 Å². The third kappa shape index (κ3) is 25.1. The number of hydrogen-bond acceptors (Lipinski definition) is 14. The van der Waals surface area contributed by atoms with Gasteiger partial charge >= 0.3 is 0 Å². The monoisotopic (exact) mass is 782 g/mol. The number of aryl methyl sites for hydroxylation is 3. The molecule has 52 heavy (non-hydrogen) atoms. The van der Waals surface area contributed by atoms with E-state index in [4.69, 9.17) is 41.0 Å². The van der Waals surface area contributed by atoms with Gasteiger partial charge in [-0.25, -0.2) is 4.39 Å². The first kappa shape index (κ1) is 52.5. The Morgan fingerprint density at radius 2 is 1.06 bits per heavy atom. The lowest BCUT2D eigenvalue weighted by atomic mass is 10.2. The summed E-state index contributed by atoms with van der Waals surface area (Å²) in [5, 5.41) is 52.2. The summed E-state index contributed by atoms with van der Waals surface area (Å²) in [6.07, 6.45) is 0. The lowest BCUT2D eigenvalue weighted by Gasteiger charge is -2.08. The third-order valence-electron chi connectivity index (χ3n) is 6.14. The molecule has 0 spiro atoms. The molecule has 0 fully saturated rings. The van der Waals surface area contributed by atoms with Crippen molar-refractivity contribution in [3.05, 3.63) is 97.3 Å². The number of halogens is 3. The molecule has 0 aliphatic rings. The number of nitrogens with one attached hydrogen (secondary N) is 2. The molecule has 296 valence electrons. The van der Waals surface area contributed by atoms with E-state index in [-0.39, 0.29) is 56.0 Å². The molecule has 3 aromatic carbocycles. The highest BCUT2D eigenvalue weighted by molar-refractivity contribution is 5.85. The van der Waals surface area contributed by atoms with Crippen LogP contribution >= 0.6 is 24.8 Å². The molecule has 0 heterocycles. The highest BCUT2D eigenvalue weighted by Gasteiger charge is 2.10. The van der Waals surface area contributed by atoms with Gasteiger partial charge in [0.2, 0.25) is 0 Å². The summed E-state index contributed by atoms with van der Waals surface area (Å²) in [7, 11) is 0. The van der Waals surface area contributed by atoms with Crippen LogP contribution in [0.3, 0.4) is 0 Å². The lowest BCUT2D eigenvalue weighted by molar-refractivity contribution is -0.385. The molecular formula is C33H53Cl2FN6O10. The van der Waals surface area contributed by atoms with Gasteiger partial charge in [-0.1, -0.05) is 0 Å². The predicted molar refractivity (Wildman–Crippen MR) is 205 cm³/mol. The fraction of sp³-hybridized carbons (Fsp3) is 0.455. The van der Waals surface area contributed by atoms with Gasteiger partial charge in [-0.15, -0.1) is 24.8 Å². The van der Waals surface area contributed by atoms with Gasteiger partial charge in [0, 0.05) is 60.0 Å². The first-order chi connectivity index (χ1) is 23.9. The van der Waals surface area contributed by atoms with Crippen molar-refractivity contribution in [2.75, 3.05) is 95.5 Å². The second-order valence-electron chi connectivity index (χ2n) is 10.2. The van der Waals surface area contributed by atoms with Crippen molar-refractivity contribution in [2.45, 2.75) is 20.8 Å². The number of aliphatic hydroxyl groups is 3. The van der Waals surface area contributed by atoms with Crippen LogP contribution < -0.4 is 22.1 Å². The number of hydrogen-bond donors (Lipinski definition) is 7. The average molecular weight is 784 g/mol. The van der Waals surface area contributed by atoms with Gasteiger partial charge < -0.3 is 51.6 Å². The zero-order valence-electron chi connectivity index (χ0n) is 29.6. The van der Waals surface area contributed by atoms with Crippen LogP contribution in [0.1, 0.15) is 16.7 Å². The second-order valence-corrected chi connectivity index (χ2v) is 10.2. The number of nitro groups is 2. The maximum atomic E-state index is 12.4. The van der Waals surface area contributed by atoms with Gasteiger partial charge in [0.25, 0.3) is 11.4 Å². The number of nitrogens with zero attached hydrogens (tertiary/aromatic N) is 2. The van der Waals surface area contributed by atoms with Gasteiger partial charge in [-0.05, 0) is 68.8 Å². The molecule has 3 rings (SSSR count). The van der Waals surface area contributed by atoms with E-state index in [0.29, 0.717) is 63.9 Å². The molecule has 0 saturated heterocycles. The minimum Gasteiger partial charge on any atom is -0.399 e. The molecule has 0 atom stereocenters. The fourth-order valence-electron chi connectivity index (χ4n) is 3.70. The molecule has 0 amide bonds. The summed E-state index contributed by atoms with van der Waals surface area (Å²) < 4.78 is 27.3. The largest absolute Gasteiger partial charge is 0.399 e. The number of rotatable bonds is 18. The Morgan fingerprint density at radius 3 is 1.44 bits per heavy atom. The molecule has 0 aromatic heterocycles. The Morgan fingerprint density at radius 1 is 0.654 bits per heavy atom. The maximum Gasteiger partial charge on any atom is 0.272 e. The molecule has 16 nitrogen and oxygen atoms in total. The topological polar surface area (TPSA) is 251 Å². The van der Waals surface area contributed by atoms with Crippen molar-refractivity contribution < 1.29 is 43.8 Å². The van der Waals surface area contributed by atoms with Crippen LogP contribution in [-0.4, -0.2) is 104 Å². The number of ether oxygens (including phenoxy) is 3. The molecule has 9 N–H and O–H groups in total. The summed E-state index contributed by atoms with van der Waals surface area (Å²) in [4.78, 5) is 19.9. The van der Waals surface area contributed by atoms with Gasteiger partial charge in [0.1, 0.15) is 5.82 Å². The van der Waals surface area contributed by atoms with E-state index in [9.17, 15) is 24.6 Å². The first-order valence-electron chi connectivity index (χ1n) is 15.7. The van der Waals surface area contributed by atoms with Crippen LogP contribution in [0.2, 0.25) is 0 Å². The second kappa shape index (κ2) is 33.0. The summed E-state index contributed by atoms with van der Waals surface area (Å²) in [5.74, 6) is -0.451. The van der Waals surface area contributed by atoms with E-state index in [2.05, 4.69) is 10.6 Å². The predicted octanol–water partition coefficient (Wildman–Crippen LogP) is 4.16. The Hall–Kier alpha value is -3.91. The standard InChI is InChI=1S/C11H16N2O4.C11H18N2O2.C7H6FNO2.C4H11NO2.2ClH/c1-9-8-10(2-3-11(9)13(15)16)12-4-6-17-7-5-14;1-9-8-10(2-3-11(9)12)13-4-6-15-7-5-14;1-5-4-6(8)2-3-7(5)9(10)11;5-1-3-7-4-2-6;;/h2-3,8,12,14H,4-7H2,1H3;2-3,8,13-14H,4-7,12H2,1H3;2-4H,1H3;6H,1-5H2;2*1H. The molecule has 0 saturated carbocycles. The maximum absolute atomic E-state index is 12.4. The zero-order chi connectivity index (χ0) is 37.7. The number of benzene rings is 3. The highest BCUT2D eigenvalue weighted by atomic mass is 35.5. The van der Waals surface area contributed by atoms with E-state index in [1.165, 1.54) is 13.0 Å². The van der Waals surface area contributed by atoms with Crippen LogP contribution in [0, 0.1) is 46.8 Å². The molecule has 0 radical (unpaired) electrons. The van der Waals surface area contributed by atoms with Gasteiger partial charge in [0.05, 0.1) is 69.3 Å². The van der Waals surface area contributed by atoms with Crippen LogP contribution in [0.4, 0.5) is 32.8 Å². The quantitative estimate of drug-likeness (QED) is 0.0414. The number of nitrogen functional groups attached to an aromatic ring is 1. The molecule has 0 unspecified atom stereocenters. The number of nitro benzene ring substituents is 2. The van der Waals surface area contributed by atoms with Crippen molar-refractivity contribution >= 4 is 53.3 Å². The minimum absolute atomic E-state index is 0. The summed E-state index contributed by atoms with van der Waals surface area (Å²) in [6, 6.07) is 14.1. The Kier molecular flexibility index (Phi) is 33.2. The van der Waals surface area contributed by atoms with Crippen LogP contribution in [0.15, 0.2) is 54.6 Å². The molecular weight excluding hydrogens is 730 g/mol. The van der Waals surface area contributed by atoms with Crippen molar-refractivity contribution in [3.63, 3.8) is 0 Å². The van der Waals surface area contributed by atoms with Gasteiger partial charge in [-0.3, -0.25) is 20.2 Å². The number of anilines is 3. The van der Waals surface area contributed by atoms with Gasteiger partial charge in [0.15, 0.2) is 0 Å².